The number of rotatable bonds is 7. The summed E-state index contributed by atoms with van der Waals surface area (Å²) >= 11 is 0. The molecule has 5 rings (SSSR count). The third kappa shape index (κ3) is 5.35. The van der Waals surface area contributed by atoms with Crippen molar-refractivity contribution >= 4 is 11.6 Å². The number of benzene rings is 1. The fraction of sp³-hybridized carbons (Fsp3) is 0.174. The Morgan fingerprint density at radius 3 is 2.56 bits per heavy atom. The van der Waals surface area contributed by atoms with E-state index < -0.39 is 6.36 Å². The van der Waals surface area contributed by atoms with Crippen molar-refractivity contribution in [3.05, 3.63) is 72.2 Å². The van der Waals surface area contributed by atoms with Crippen molar-refractivity contribution < 1.29 is 22.4 Å². The molecule has 0 bridgehead atoms. The maximum absolute atomic E-state index is 12.4. The summed E-state index contributed by atoms with van der Waals surface area (Å²) in [5.41, 5.74) is 2.78. The van der Waals surface area contributed by atoms with Crippen molar-refractivity contribution in [3.63, 3.8) is 0 Å². The summed E-state index contributed by atoms with van der Waals surface area (Å²) in [6.07, 6.45) is -1.22. The predicted molar refractivity (Wildman–Crippen MR) is 122 cm³/mol. The molecule has 4 heterocycles. The Labute approximate surface area is 202 Å². The van der Waals surface area contributed by atoms with Gasteiger partial charge in [-0.15, -0.1) is 13.2 Å². The number of anilines is 2. The molecule has 1 N–H and O–H groups in total. The third-order valence-corrected chi connectivity index (χ3v) is 5.10. The highest BCUT2D eigenvalue weighted by molar-refractivity contribution is 5.59. The van der Waals surface area contributed by atoms with Crippen molar-refractivity contribution in [1.29, 1.82) is 0 Å². The Bertz CT molecular complexity index is 1490. The molecule has 10 nitrogen and oxygen atoms in total. The van der Waals surface area contributed by atoms with Crippen LogP contribution in [0.4, 0.5) is 24.8 Å². The van der Waals surface area contributed by atoms with Crippen LogP contribution < -0.4 is 10.1 Å². The number of nitrogens with zero attached hydrogens (tertiary/aromatic N) is 7. The lowest BCUT2D eigenvalue weighted by Crippen LogP contribution is -2.16. The van der Waals surface area contributed by atoms with E-state index in [4.69, 9.17) is 4.52 Å². The number of alkyl halides is 3. The van der Waals surface area contributed by atoms with E-state index in [1.54, 1.807) is 15.6 Å². The zero-order valence-corrected chi connectivity index (χ0v) is 19.1. The molecule has 0 unspecified atom stereocenters. The summed E-state index contributed by atoms with van der Waals surface area (Å²) < 4.78 is 49.8. The maximum atomic E-state index is 12.4. The summed E-state index contributed by atoms with van der Waals surface area (Å²) in [7, 11) is 1.84. The number of aryl methyl sites for hydroxylation is 2. The molecule has 0 spiro atoms. The van der Waals surface area contributed by atoms with Crippen LogP contribution in [0.2, 0.25) is 0 Å². The van der Waals surface area contributed by atoms with Gasteiger partial charge in [-0.05, 0) is 55.0 Å². The lowest BCUT2D eigenvalue weighted by molar-refractivity contribution is -0.274. The topological polar surface area (TPSA) is 109 Å². The van der Waals surface area contributed by atoms with Crippen LogP contribution in [0.15, 0.2) is 65.4 Å². The Hall–Kier alpha value is -4.68. The second kappa shape index (κ2) is 9.17. The van der Waals surface area contributed by atoms with Crippen molar-refractivity contribution in [2.24, 2.45) is 7.05 Å². The summed E-state index contributed by atoms with van der Waals surface area (Å²) in [5, 5.41) is 15.9. The molecule has 0 amide bonds. The molecule has 4 aromatic heterocycles. The number of halogens is 3. The molecule has 0 aliphatic rings. The molecule has 0 aliphatic carbocycles. The molecule has 0 saturated carbocycles. The first-order valence-electron chi connectivity index (χ1n) is 10.7. The van der Waals surface area contributed by atoms with Gasteiger partial charge in [0.05, 0.1) is 6.54 Å². The highest BCUT2D eigenvalue weighted by Crippen LogP contribution is 2.27. The number of hydrogen-bond acceptors (Lipinski definition) is 8. The summed E-state index contributed by atoms with van der Waals surface area (Å²) in [6.45, 7) is 2.38. The first-order valence-corrected chi connectivity index (χ1v) is 10.7. The van der Waals surface area contributed by atoms with E-state index in [0.29, 0.717) is 29.4 Å². The molecule has 36 heavy (non-hydrogen) atoms. The quantitative estimate of drug-likeness (QED) is 0.345. The third-order valence-electron chi connectivity index (χ3n) is 5.10. The van der Waals surface area contributed by atoms with Crippen LogP contribution >= 0.6 is 0 Å². The van der Waals surface area contributed by atoms with Crippen LogP contribution in [0, 0.1) is 6.92 Å². The normalized spacial score (nSPS) is 11.6. The Morgan fingerprint density at radius 1 is 1.03 bits per heavy atom. The number of nitrogens with one attached hydrogen (secondary N) is 1. The number of aromatic nitrogens is 7. The molecule has 5 aromatic rings. The van der Waals surface area contributed by atoms with Gasteiger partial charge in [-0.2, -0.15) is 15.2 Å². The van der Waals surface area contributed by atoms with E-state index in [1.807, 2.05) is 44.4 Å². The predicted octanol–water partition coefficient (Wildman–Crippen LogP) is 4.73. The van der Waals surface area contributed by atoms with Crippen LogP contribution in [0.1, 0.15) is 11.3 Å². The van der Waals surface area contributed by atoms with E-state index in [9.17, 15) is 13.2 Å². The molecular formula is C23H19F3N8O2. The number of ether oxygens (including phenoxy) is 1. The first kappa shape index (κ1) is 23.1. The minimum atomic E-state index is -4.76. The van der Waals surface area contributed by atoms with E-state index in [2.05, 4.69) is 35.4 Å². The largest absolute Gasteiger partial charge is 0.573 e. The molecule has 0 aliphatic heterocycles. The standard InChI is InChI=1S/C23H19F3N8O2/c1-14-11-18(22-29-21(32-36-22)16-3-5-17(6-4-16)35-23(24,25)26)30-34(14)13-15-7-9-27-20(12-15)28-19-8-10-33(2)31-19/h3-12H,13H2,1-2H3,(H,27,28,31). The lowest BCUT2D eigenvalue weighted by Gasteiger charge is -2.08. The minimum absolute atomic E-state index is 0.190. The smallest absolute Gasteiger partial charge is 0.406 e. The van der Waals surface area contributed by atoms with Gasteiger partial charge in [-0.3, -0.25) is 9.36 Å². The van der Waals surface area contributed by atoms with E-state index >= 15 is 0 Å². The van der Waals surface area contributed by atoms with Crippen LogP contribution in [0.3, 0.4) is 0 Å². The zero-order chi connectivity index (χ0) is 25.3. The van der Waals surface area contributed by atoms with Gasteiger partial charge >= 0.3 is 6.36 Å². The number of hydrogen-bond donors (Lipinski definition) is 1. The maximum Gasteiger partial charge on any atom is 0.573 e. The fourth-order valence-corrected chi connectivity index (χ4v) is 3.45. The summed E-state index contributed by atoms with van der Waals surface area (Å²) in [4.78, 5) is 8.66. The summed E-state index contributed by atoms with van der Waals surface area (Å²) in [6, 6.07) is 12.7. The first-order chi connectivity index (χ1) is 17.2. The second-order valence-electron chi connectivity index (χ2n) is 7.87. The SMILES string of the molecule is Cc1cc(-c2nc(-c3ccc(OC(F)(F)F)cc3)no2)nn1Cc1ccnc(Nc2ccn(C)n2)c1. The van der Waals surface area contributed by atoms with Crippen LogP contribution in [-0.2, 0) is 13.6 Å². The summed E-state index contributed by atoms with van der Waals surface area (Å²) in [5.74, 6) is 1.42. The molecule has 0 atom stereocenters. The van der Waals surface area contributed by atoms with Gasteiger partial charge in [0.2, 0.25) is 5.82 Å². The van der Waals surface area contributed by atoms with Crippen molar-refractivity contribution in [1.82, 2.24) is 34.7 Å². The van der Waals surface area contributed by atoms with Gasteiger partial charge in [0.25, 0.3) is 5.89 Å². The van der Waals surface area contributed by atoms with E-state index in [1.165, 1.54) is 24.3 Å². The monoisotopic (exact) mass is 496 g/mol. The van der Waals surface area contributed by atoms with Gasteiger partial charge in [-0.1, -0.05) is 5.16 Å². The van der Waals surface area contributed by atoms with Crippen LogP contribution in [0.5, 0.6) is 5.75 Å². The Balaban J connectivity index is 1.30. The second-order valence-corrected chi connectivity index (χ2v) is 7.87. The Morgan fingerprint density at radius 2 is 1.83 bits per heavy atom. The highest BCUT2D eigenvalue weighted by Gasteiger charge is 2.31. The Kier molecular flexibility index (Phi) is 5.88. The molecule has 0 radical (unpaired) electrons. The lowest BCUT2D eigenvalue weighted by atomic mass is 10.2. The molecule has 184 valence electrons. The van der Waals surface area contributed by atoms with Crippen LogP contribution in [-0.4, -0.2) is 41.0 Å². The zero-order valence-electron chi connectivity index (χ0n) is 19.1. The number of pyridine rings is 1. The van der Waals surface area contributed by atoms with Gasteiger partial charge in [-0.25, -0.2) is 4.98 Å². The van der Waals surface area contributed by atoms with Crippen molar-refractivity contribution in [2.45, 2.75) is 19.8 Å². The van der Waals surface area contributed by atoms with Crippen molar-refractivity contribution in [2.75, 3.05) is 5.32 Å². The van der Waals surface area contributed by atoms with Gasteiger partial charge in [0, 0.05) is 36.8 Å². The van der Waals surface area contributed by atoms with E-state index in [0.717, 1.165) is 11.3 Å². The minimum Gasteiger partial charge on any atom is -0.406 e. The van der Waals surface area contributed by atoms with E-state index in [-0.39, 0.29) is 17.5 Å². The van der Waals surface area contributed by atoms with Gasteiger partial charge < -0.3 is 14.6 Å². The van der Waals surface area contributed by atoms with Crippen molar-refractivity contribution in [3.8, 4) is 28.7 Å². The van der Waals surface area contributed by atoms with Crippen LogP contribution in [0.25, 0.3) is 23.0 Å². The molecule has 0 saturated heterocycles. The average Bonchev–Trinajstić information content (AvgIpc) is 3.55. The molecule has 13 heteroatoms. The molecular weight excluding hydrogens is 477 g/mol. The molecule has 1 aromatic carbocycles. The molecule has 0 fully saturated rings. The highest BCUT2D eigenvalue weighted by atomic mass is 19.4. The van der Waals surface area contributed by atoms with Gasteiger partial charge in [0.15, 0.2) is 11.5 Å². The average molecular weight is 496 g/mol. The fourth-order valence-electron chi connectivity index (χ4n) is 3.45. The van der Waals surface area contributed by atoms with Gasteiger partial charge in [0.1, 0.15) is 11.6 Å².